The summed E-state index contributed by atoms with van der Waals surface area (Å²) in [6, 6.07) is 9.08. The highest BCUT2D eigenvalue weighted by molar-refractivity contribution is 7.98. The maximum Gasteiger partial charge on any atom is 0.341 e. The van der Waals surface area contributed by atoms with Gasteiger partial charge < -0.3 is 4.74 Å². The number of ether oxygens (including phenoxy) is 1. The van der Waals surface area contributed by atoms with Gasteiger partial charge in [-0.3, -0.25) is 9.52 Å². The smallest absolute Gasteiger partial charge is 0.341 e. The number of aromatic nitrogens is 1. The zero-order chi connectivity index (χ0) is 19.3. The van der Waals surface area contributed by atoms with Gasteiger partial charge in [0.15, 0.2) is 6.10 Å². The minimum atomic E-state index is -3.39. The highest BCUT2D eigenvalue weighted by Gasteiger charge is 2.22. The minimum absolute atomic E-state index is 0.298. The predicted octanol–water partition coefficient (Wildman–Crippen LogP) is 2.60. The maximum absolute atomic E-state index is 12.4. The van der Waals surface area contributed by atoms with Crippen molar-refractivity contribution in [2.75, 3.05) is 17.2 Å². The number of sulfonamides is 1. The van der Waals surface area contributed by atoms with Gasteiger partial charge in [0.25, 0.3) is 0 Å². The molecular formula is C17H18N2O5S2. The number of nitrogens with zero attached hydrogens (tertiary/aromatic N) is 1. The van der Waals surface area contributed by atoms with Gasteiger partial charge in [-0.2, -0.15) is 0 Å². The summed E-state index contributed by atoms with van der Waals surface area (Å²) in [5.74, 6) is -1.02. The van der Waals surface area contributed by atoms with Crippen molar-refractivity contribution in [3.63, 3.8) is 0 Å². The molecule has 1 unspecified atom stereocenters. The van der Waals surface area contributed by atoms with Crippen LogP contribution in [0.3, 0.4) is 0 Å². The number of pyridine rings is 1. The van der Waals surface area contributed by atoms with Gasteiger partial charge in [-0.25, -0.2) is 18.2 Å². The van der Waals surface area contributed by atoms with Crippen LogP contribution in [0.15, 0.2) is 47.6 Å². The average Bonchev–Trinajstić information content (AvgIpc) is 2.60. The summed E-state index contributed by atoms with van der Waals surface area (Å²) in [5.41, 5.74) is 0.946. The van der Waals surface area contributed by atoms with Crippen molar-refractivity contribution in [2.45, 2.75) is 18.1 Å². The number of Topliss-reactive ketones (excluding diaryl/α,β-unsaturated/α-hetero) is 1. The number of carbonyl (C=O) groups is 2. The van der Waals surface area contributed by atoms with E-state index in [0.29, 0.717) is 21.8 Å². The molecule has 0 spiro atoms. The molecule has 1 aromatic carbocycles. The second-order valence-electron chi connectivity index (χ2n) is 5.42. The van der Waals surface area contributed by atoms with Crippen LogP contribution in [0.4, 0.5) is 5.69 Å². The van der Waals surface area contributed by atoms with E-state index in [2.05, 4.69) is 9.71 Å². The topological polar surface area (TPSA) is 102 Å². The van der Waals surface area contributed by atoms with E-state index in [0.717, 1.165) is 6.26 Å². The van der Waals surface area contributed by atoms with Crippen LogP contribution >= 0.6 is 11.8 Å². The Bertz CT molecular complexity index is 911. The average molecular weight is 394 g/mol. The molecule has 9 heteroatoms. The lowest BCUT2D eigenvalue weighted by molar-refractivity contribution is 0.0314. The van der Waals surface area contributed by atoms with Crippen LogP contribution in [-0.2, 0) is 14.8 Å². The van der Waals surface area contributed by atoms with Crippen molar-refractivity contribution in [3.8, 4) is 0 Å². The molecule has 138 valence electrons. The van der Waals surface area contributed by atoms with E-state index >= 15 is 0 Å². The van der Waals surface area contributed by atoms with E-state index in [1.807, 2.05) is 0 Å². The summed E-state index contributed by atoms with van der Waals surface area (Å²) in [4.78, 5) is 28.8. The van der Waals surface area contributed by atoms with Crippen molar-refractivity contribution in [1.82, 2.24) is 4.98 Å². The third-order valence-electron chi connectivity index (χ3n) is 3.31. The molecule has 1 atom stereocenters. The Morgan fingerprint density at radius 3 is 2.42 bits per heavy atom. The predicted molar refractivity (Wildman–Crippen MR) is 100 cm³/mol. The monoisotopic (exact) mass is 394 g/mol. The van der Waals surface area contributed by atoms with Crippen LogP contribution in [0.2, 0.25) is 0 Å². The van der Waals surface area contributed by atoms with Crippen molar-refractivity contribution in [1.29, 1.82) is 0 Å². The van der Waals surface area contributed by atoms with Crippen molar-refractivity contribution in [2.24, 2.45) is 0 Å². The van der Waals surface area contributed by atoms with Crippen LogP contribution in [0.25, 0.3) is 0 Å². The van der Waals surface area contributed by atoms with E-state index in [9.17, 15) is 18.0 Å². The number of nitrogens with one attached hydrogen (secondary N) is 1. The quantitative estimate of drug-likeness (QED) is 0.437. The lowest BCUT2D eigenvalue weighted by Gasteiger charge is -2.13. The highest BCUT2D eigenvalue weighted by Crippen LogP contribution is 2.19. The van der Waals surface area contributed by atoms with E-state index in [-0.39, 0.29) is 5.78 Å². The third-order valence-corrected chi connectivity index (χ3v) is 4.63. The van der Waals surface area contributed by atoms with Crippen LogP contribution in [-0.4, -0.2) is 43.8 Å². The first-order chi connectivity index (χ1) is 12.2. The van der Waals surface area contributed by atoms with Gasteiger partial charge in [0, 0.05) is 17.4 Å². The molecular weight excluding hydrogens is 376 g/mol. The third kappa shape index (κ3) is 5.30. The van der Waals surface area contributed by atoms with Crippen molar-refractivity contribution in [3.05, 3.63) is 53.7 Å². The second-order valence-corrected chi connectivity index (χ2v) is 7.97. The Balaban J connectivity index is 2.08. The van der Waals surface area contributed by atoms with Crippen molar-refractivity contribution < 1.29 is 22.7 Å². The lowest BCUT2D eigenvalue weighted by Crippen LogP contribution is -2.24. The molecule has 1 aromatic heterocycles. The van der Waals surface area contributed by atoms with Gasteiger partial charge in [0.05, 0.1) is 11.8 Å². The van der Waals surface area contributed by atoms with Gasteiger partial charge in [-0.15, -0.1) is 11.8 Å². The molecule has 0 saturated heterocycles. The number of hydrogen-bond acceptors (Lipinski definition) is 7. The van der Waals surface area contributed by atoms with Crippen molar-refractivity contribution >= 4 is 39.2 Å². The molecule has 0 aliphatic carbocycles. The molecule has 0 radical (unpaired) electrons. The van der Waals surface area contributed by atoms with E-state index in [4.69, 9.17) is 4.74 Å². The molecule has 0 aliphatic rings. The fourth-order valence-electron chi connectivity index (χ4n) is 2.14. The summed E-state index contributed by atoms with van der Waals surface area (Å²) in [6.07, 6.45) is 3.41. The summed E-state index contributed by atoms with van der Waals surface area (Å²) in [6.45, 7) is 1.48. The molecule has 0 saturated carbocycles. The molecule has 0 bridgehead atoms. The first-order valence-corrected chi connectivity index (χ1v) is 10.6. The Morgan fingerprint density at radius 1 is 1.19 bits per heavy atom. The number of thioether (sulfide) groups is 1. The standard InChI is InChI=1S/C17H18N2O5S2/c1-11(24-17(21)14-5-4-10-18-16(14)25-2)15(20)12-6-8-13(9-7-12)19-26(3,22)23/h4-11,19H,1-3H3. The van der Waals surface area contributed by atoms with Crippen LogP contribution < -0.4 is 4.72 Å². The zero-order valence-corrected chi connectivity index (χ0v) is 16.1. The molecule has 0 fully saturated rings. The molecule has 0 aliphatic heterocycles. The largest absolute Gasteiger partial charge is 0.451 e. The number of rotatable bonds is 7. The number of anilines is 1. The first-order valence-electron chi connectivity index (χ1n) is 7.53. The van der Waals surface area contributed by atoms with Crippen LogP contribution in [0, 0.1) is 0 Å². The summed E-state index contributed by atoms with van der Waals surface area (Å²) < 4.78 is 29.9. The van der Waals surface area contributed by atoms with Gasteiger partial charge in [-0.05, 0) is 49.6 Å². The summed E-state index contributed by atoms with van der Waals surface area (Å²) in [7, 11) is -3.39. The summed E-state index contributed by atoms with van der Waals surface area (Å²) >= 11 is 1.31. The van der Waals surface area contributed by atoms with E-state index in [1.54, 1.807) is 24.6 Å². The Kier molecular flexibility index (Phi) is 6.38. The van der Waals surface area contributed by atoms with Crippen LogP contribution in [0.5, 0.6) is 0 Å². The zero-order valence-electron chi connectivity index (χ0n) is 14.4. The number of carbonyl (C=O) groups excluding carboxylic acids is 2. The van der Waals surface area contributed by atoms with E-state index in [1.165, 1.54) is 43.0 Å². The van der Waals surface area contributed by atoms with Gasteiger partial charge in [-0.1, -0.05) is 0 Å². The fourth-order valence-corrected chi connectivity index (χ4v) is 3.24. The van der Waals surface area contributed by atoms with Crippen LogP contribution in [0.1, 0.15) is 27.6 Å². The summed E-state index contributed by atoms with van der Waals surface area (Å²) in [5, 5.41) is 0.522. The SMILES string of the molecule is CSc1ncccc1C(=O)OC(C)C(=O)c1ccc(NS(C)(=O)=O)cc1. The van der Waals surface area contributed by atoms with Gasteiger partial charge in [0.1, 0.15) is 5.03 Å². The highest BCUT2D eigenvalue weighted by atomic mass is 32.2. The number of benzene rings is 1. The van der Waals surface area contributed by atoms with Gasteiger partial charge in [0.2, 0.25) is 15.8 Å². The lowest BCUT2D eigenvalue weighted by atomic mass is 10.1. The Morgan fingerprint density at radius 2 is 1.85 bits per heavy atom. The Labute approximate surface area is 156 Å². The second kappa shape index (κ2) is 8.33. The molecule has 0 amide bonds. The fraction of sp³-hybridized carbons (Fsp3) is 0.235. The van der Waals surface area contributed by atoms with E-state index < -0.39 is 22.1 Å². The Hall–Kier alpha value is -2.39. The molecule has 7 nitrogen and oxygen atoms in total. The molecule has 26 heavy (non-hydrogen) atoms. The molecule has 2 aromatic rings. The maximum atomic E-state index is 12.4. The first kappa shape index (κ1) is 19.9. The van der Waals surface area contributed by atoms with Gasteiger partial charge >= 0.3 is 5.97 Å². The molecule has 2 rings (SSSR count). The normalized spacial score (nSPS) is 12.3. The molecule has 1 N–H and O–H groups in total. The minimum Gasteiger partial charge on any atom is -0.451 e. The number of ketones is 1. The number of esters is 1. The number of hydrogen-bond donors (Lipinski definition) is 1. The molecule has 1 heterocycles.